The quantitative estimate of drug-likeness (QED) is 0.638. The molecule has 4 atom stereocenters. The molecule has 0 heterocycles. The summed E-state index contributed by atoms with van der Waals surface area (Å²) in [6, 6.07) is 0. The molecule has 2 aliphatic rings. The van der Waals surface area contributed by atoms with Gasteiger partial charge >= 0.3 is 0 Å². The van der Waals surface area contributed by atoms with Gasteiger partial charge in [-0.15, -0.1) is 0 Å². The topological polar surface area (TPSA) is 17.1 Å². The molecule has 2 saturated carbocycles. The minimum atomic E-state index is 0.354. The first-order valence-electron chi connectivity index (χ1n) is 5.59. The highest BCUT2D eigenvalue weighted by atomic mass is 16.1. The van der Waals surface area contributed by atoms with E-state index in [2.05, 4.69) is 27.7 Å². The first kappa shape index (κ1) is 9.23. The van der Waals surface area contributed by atoms with Gasteiger partial charge in [0.05, 0.1) is 0 Å². The van der Waals surface area contributed by atoms with Crippen molar-refractivity contribution in [2.75, 3.05) is 0 Å². The van der Waals surface area contributed by atoms with E-state index in [1.165, 1.54) is 6.42 Å². The van der Waals surface area contributed by atoms with E-state index in [-0.39, 0.29) is 0 Å². The SMILES string of the molecule is CCC1C(=O)[C@@H](C)C2CC12C(C)C. The van der Waals surface area contributed by atoms with Gasteiger partial charge in [0.25, 0.3) is 0 Å². The van der Waals surface area contributed by atoms with Crippen LogP contribution in [0.25, 0.3) is 0 Å². The van der Waals surface area contributed by atoms with E-state index < -0.39 is 0 Å². The molecule has 2 fully saturated rings. The third kappa shape index (κ3) is 0.908. The van der Waals surface area contributed by atoms with Crippen molar-refractivity contribution in [3.05, 3.63) is 0 Å². The molecule has 0 aromatic rings. The summed E-state index contributed by atoms with van der Waals surface area (Å²) in [6.07, 6.45) is 2.37. The smallest absolute Gasteiger partial charge is 0.139 e. The summed E-state index contributed by atoms with van der Waals surface area (Å²) in [5.74, 6) is 2.70. The van der Waals surface area contributed by atoms with Gasteiger partial charge < -0.3 is 0 Å². The van der Waals surface area contributed by atoms with Crippen LogP contribution < -0.4 is 0 Å². The van der Waals surface area contributed by atoms with Gasteiger partial charge in [-0.2, -0.15) is 0 Å². The fraction of sp³-hybridized carbons (Fsp3) is 0.917. The molecule has 0 aliphatic heterocycles. The lowest BCUT2D eigenvalue weighted by Crippen LogP contribution is -2.25. The lowest BCUT2D eigenvalue weighted by molar-refractivity contribution is -0.126. The third-order valence-corrected chi connectivity index (χ3v) is 4.63. The van der Waals surface area contributed by atoms with Crippen LogP contribution >= 0.6 is 0 Å². The zero-order chi connectivity index (χ0) is 9.80. The molecular weight excluding hydrogens is 160 g/mol. The minimum Gasteiger partial charge on any atom is -0.299 e. The van der Waals surface area contributed by atoms with Crippen molar-refractivity contribution in [3.63, 3.8) is 0 Å². The number of carbonyl (C=O) groups is 1. The van der Waals surface area contributed by atoms with Crippen molar-refractivity contribution in [2.45, 2.75) is 40.5 Å². The van der Waals surface area contributed by atoms with Gasteiger partial charge in [0, 0.05) is 11.8 Å². The van der Waals surface area contributed by atoms with Gasteiger partial charge in [-0.05, 0) is 30.1 Å². The highest BCUT2D eigenvalue weighted by Crippen LogP contribution is 2.71. The maximum atomic E-state index is 11.9. The molecule has 0 amide bonds. The van der Waals surface area contributed by atoms with Gasteiger partial charge in [-0.3, -0.25) is 4.79 Å². The van der Waals surface area contributed by atoms with E-state index in [9.17, 15) is 4.79 Å². The van der Waals surface area contributed by atoms with E-state index in [1.54, 1.807) is 0 Å². The lowest BCUT2D eigenvalue weighted by atomic mass is 9.79. The second-order valence-corrected chi connectivity index (χ2v) is 5.23. The van der Waals surface area contributed by atoms with Crippen LogP contribution in [0.5, 0.6) is 0 Å². The molecule has 0 aromatic carbocycles. The molecule has 0 N–H and O–H groups in total. The van der Waals surface area contributed by atoms with Crippen LogP contribution in [0.3, 0.4) is 0 Å². The number of ketones is 1. The Hall–Kier alpha value is -0.330. The molecule has 13 heavy (non-hydrogen) atoms. The molecule has 0 saturated heterocycles. The lowest BCUT2D eigenvalue weighted by Gasteiger charge is -2.24. The molecule has 74 valence electrons. The number of Topliss-reactive ketones (excluding diaryl/α,β-unsaturated/α-hetero) is 1. The van der Waals surface area contributed by atoms with Crippen molar-refractivity contribution >= 4 is 5.78 Å². The highest BCUT2D eigenvalue weighted by Gasteiger charge is 2.69. The van der Waals surface area contributed by atoms with Crippen LogP contribution in [0.4, 0.5) is 0 Å². The van der Waals surface area contributed by atoms with Crippen LogP contribution in [-0.2, 0) is 4.79 Å². The Morgan fingerprint density at radius 3 is 2.54 bits per heavy atom. The monoisotopic (exact) mass is 180 g/mol. The van der Waals surface area contributed by atoms with Crippen molar-refractivity contribution in [2.24, 2.45) is 29.1 Å². The van der Waals surface area contributed by atoms with Crippen molar-refractivity contribution in [1.82, 2.24) is 0 Å². The number of carbonyl (C=O) groups excluding carboxylic acids is 1. The van der Waals surface area contributed by atoms with Gasteiger partial charge in [0.2, 0.25) is 0 Å². The average molecular weight is 180 g/mol. The fourth-order valence-corrected chi connectivity index (χ4v) is 3.79. The number of hydrogen-bond donors (Lipinski definition) is 0. The first-order valence-corrected chi connectivity index (χ1v) is 5.59. The highest BCUT2D eigenvalue weighted by molar-refractivity contribution is 5.88. The normalized spacial score (nSPS) is 48.4. The Morgan fingerprint density at radius 1 is 1.54 bits per heavy atom. The van der Waals surface area contributed by atoms with E-state index in [0.717, 1.165) is 12.3 Å². The fourth-order valence-electron chi connectivity index (χ4n) is 3.79. The number of fused-ring (bicyclic) bond motifs is 1. The van der Waals surface area contributed by atoms with Crippen LogP contribution in [0.15, 0.2) is 0 Å². The molecular formula is C12H20O. The molecule has 2 rings (SSSR count). The third-order valence-electron chi connectivity index (χ3n) is 4.63. The zero-order valence-corrected chi connectivity index (χ0v) is 9.13. The molecule has 2 aliphatic carbocycles. The molecule has 3 unspecified atom stereocenters. The summed E-state index contributed by atoms with van der Waals surface area (Å²) in [7, 11) is 0. The van der Waals surface area contributed by atoms with Gasteiger partial charge in [0.15, 0.2) is 0 Å². The van der Waals surface area contributed by atoms with Gasteiger partial charge in [-0.1, -0.05) is 27.7 Å². The summed E-state index contributed by atoms with van der Waals surface area (Å²) in [5, 5.41) is 0. The van der Waals surface area contributed by atoms with Crippen LogP contribution in [0.2, 0.25) is 0 Å². The largest absolute Gasteiger partial charge is 0.299 e. The predicted molar refractivity (Wildman–Crippen MR) is 53.3 cm³/mol. The Morgan fingerprint density at radius 2 is 2.15 bits per heavy atom. The summed E-state index contributed by atoms with van der Waals surface area (Å²) >= 11 is 0. The maximum absolute atomic E-state index is 11.9. The zero-order valence-electron chi connectivity index (χ0n) is 9.13. The molecule has 0 spiro atoms. The second-order valence-electron chi connectivity index (χ2n) is 5.23. The minimum absolute atomic E-state index is 0.354. The van der Waals surface area contributed by atoms with E-state index in [1.807, 2.05) is 0 Å². The maximum Gasteiger partial charge on any atom is 0.139 e. The summed E-state index contributed by atoms with van der Waals surface area (Å²) in [5.41, 5.74) is 0.422. The Balaban J connectivity index is 2.29. The molecule has 0 aromatic heterocycles. The first-order chi connectivity index (χ1) is 6.05. The van der Waals surface area contributed by atoms with Gasteiger partial charge in [-0.25, -0.2) is 0 Å². The molecule has 1 nitrogen and oxygen atoms in total. The van der Waals surface area contributed by atoms with Gasteiger partial charge in [0.1, 0.15) is 5.78 Å². The Bertz CT molecular complexity index is 244. The summed E-state index contributed by atoms with van der Waals surface area (Å²) in [4.78, 5) is 11.9. The average Bonchev–Trinajstić information content (AvgIpc) is 2.76. The van der Waals surface area contributed by atoms with E-state index in [0.29, 0.717) is 29.0 Å². The van der Waals surface area contributed by atoms with Crippen molar-refractivity contribution in [1.29, 1.82) is 0 Å². The molecule has 0 radical (unpaired) electrons. The predicted octanol–water partition coefficient (Wildman–Crippen LogP) is 2.89. The summed E-state index contributed by atoms with van der Waals surface area (Å²) in [6.45, 7) is 8.87. The van der Waals surface area contributed by atoms with E-state index >= 15 is 0 Å². The Labute approximate surface area is 80.9 Å². The Kier molecular flexibility index (Phi) is 1.84. The summed E-state index contributed by atoms with van der Waals surface area (Å²) < 4.78 is 0. The van der Waals surface area contributed by atoms with Crippen LogP contribution in [0.1, 0.15) is 40.5 Å². The van der Waals surface area contributed by atoms with Crippen molar-refractivity contribution in [3.8, 4) is 0 Å². The second kappa shape index (κ2) is 2.59. The number of rotatable bonds is 2. The van der Waals surface area contributed by atoms with E-state index in [4.69, 9.17) is 0 Å². The molecule has 1 heteroatoms. The van der Waals surface area contributed by atoms with Crippen molar-refractivity contribution < 1.29 is 4.79 Å². The molecule has 0 bridgehead atoms. The van der Waals surface area contributed by atoms with Crippen LogP contribution in [0, 0.1) is 29.1 Å². The van der Waals surface area contributed by atoms with Crippen LogP contribution in [-0.4, -0.2) is 5.78 Å². The number of hydrogen-bond acceptors (Lipinski definition) is 1. The standard InChI is InChI=1S/C12H20O/c1-5-9-11(13)8(4)10-6-12(9,10)7(2)3/h7-10H,5-6H2,1-4H3/t8-,9?,10?,12?/m0/s1.